The van der Waals surface area contributed by atoms with Crippen molar-refractivity contribution in [2.24, 2.45) is 0 Å². The molecular weight excluding hydrogens is 428 g/mol. The topological polar surface area (TPSA) is 49.9 Å². The van der Waals surface area contributed by atoms with E-state index in [1.807, 2.05) is 45.0 Å². The van der Waals surface area contributed by atoms with Gasteiger partial charge >= 0.3 is 0 Å². The van der Waals surface area contributed by atoms with Gasteiger partial charge in [0.1, 0.15) is 5.00 Å². The van der Waals surface area contributed by atoms with Crippen molar-refractivity contribution in [3.63, 3.8) is 0 Å². The van der Waals surface area contributed by atoms with E-state index >= 15 is 0 Å². The van der Waals surface area contributed by atoms with Crippen LogP contribution in [0, 0.1) is 0 Å². The predicted octanol–water partition coefficient (Wildman–Crippen LogP) is 5.41. The summed E-state index contributed by atoms with van der Waals surface area (Å²) in [5, 5.41) is 3.47. The Morgan fingerprint density at radius 1 is 1.00 bits per heavy atom. The minimum Gasteiger partial charge on any atom is -0.294 e. The maximum Gasteiger partial charge on any atom is 0.265 e. The molecule has 0 aliphatic heterocycles. The molecule has 2 aromatic carbocycles. The van der Waals surface area contributed by atoms with Crippen molar-refractivity contribution in [3.05, 3.63) is 59.6 Å². The average molecular weight is 453 g/mol. The van der Waals surface area contributed by atoms with Crippen molar-refractivity contribution in [1.29, 1.82) is 0 Å². The van der Waals surface area contributed by atoms with E-state index in [-0.39, 0.29) is 17.0 Å². The van der Waals surface area contributed by atoms with E-state index in [9.17, 15) is 8.42 Å². The predicted molar refractivity (Wildman–Crippen MR) is 121 cm³/mol. The first kappa shape index (κ1) is 22.1. The number of hydroxylamine groups is 2. The summed E-state index contributed by atoms with van der Waals surface area (Å²) >= 11 is 8.00. The van der Waals surface area contributed by atoms with E-state index in [0.29, 0.717) is 16.6 Å². The van der Waals surface area contributed by atoms with Gasteiger partial charge in [-0.1, -0.05) is 48.0 Å². The Morgan fingerprint density at radius 3 is 2.24 bits per heavy atom. The van der Waals surface area contributed by atoms with Crippen LogP contribution in [0.25, 0.3) is 10.1 Å². The summed E-state index contributed by atoms with van der Waals surface area (Å²) < 4.78 is 29.3. The lowest BCUT2D eigenvalue weighted by atomic mass is 10.2. The molecule has 1 aromatic heterocycles. The molecule has 0 unspecified atom stereocenters. The van der Waals surface area contributed by atoms with Crippen LogP contribution in [0.2, 0.25) is 5.02 Å². The fraction of sp³-hybridized carbons (Fsp3) is 0.333. The fourth-order valence-corrected chi connectivity index (χ4v) is 6.27. The van der Waals surface area contributed by atoms with Crippen molar-refractivity contribution in [2.75, 3.05) is 24.4 Å². The van der Waals surface area contributed by atoms with E-state index < -0.39 is 10.0 Å². The van der Waals surface area contributed by atoms with Crippen LogP contribution in [0.15, 0.2) is 59.5 Å². The van der Waals surface area contributed by atoms with E-state index in [4.69, 9.17) is 16.4 Å². The fourth-order valence-electron chi connectivity index (χ4n) is 2.96. The molecule has 0 aliphatic carbocycles. The van der Waals surface area contributed by atoms with Gasteiger partial charge in [-0.2, -0.15) is 5.06 Å². The lowest BCUT2D eigenvalue weighted by molar-refractivity contribution is -0.211. The zero-order valence-electron chi connectivity index (χ0n) is 16.9. The average Bonchev–Trinajstić information content (AvgIpc) is 2.98. The highest BCUT2D eigenvalue weighted by molar-refractivity contribution is 7.93. The SMILES string of the molecule is CN(CCN(c1sc2ccccc2c1Cl)S(=O)(=O)c1ccccc1)OC(C)(C)C. The highest BCUT2D eigenvalue weighted by atomic mass is 35.5. The molecule has 29 heavy (non-hydrogen) atoms. The molecule has 0 radical (unpaired) electrons. The van der Waals surface area contributed by atoms with Crippen LogP contribution in [-0.4, -0.2) is 39.2 Å². The number of nitrogens with zero attached hydrogens (tertiary/aromatic N) is 2. The molecule has 0 fully saturated rings. The number of likely N-dealkylation sites (N-methyl/N-ethyl adjacent to an activating group) is 1. The number of fused-ring (bicyclic) bond motifs is 1. The number of halogens is 1. The lowest BCUT2D eigenvalue weighted by Crippen LogP contribution is -2.40. The second-order valence-corrected chi connectivity index (χ2v) is 10.9. The van der Waals surface area contributed by atoms with Crippen LogP contribution < -0.4 is 4.31 Å². The van der Waals surface area contributed by atoms with Crippen LogP contribution in [0.5, 0.6) is 0 Å². The summed E-state index contributed by atoms with van der Waals surface area (Å²) in [7, 11) is -1.99. The van der Waals surface area contributed by atoms with Gasteiger partial charge in [-0.15, -0.1) is 11.3 Å². The minimum absolute atomic E-state index is 0.205. The largest absolute Gasteiger partial charge is 0.294 e. The monoisotopic (exact) mass is 452 g/mol. The maximum absolute atomic E-state index is 13.5. The number of sulfonamides is 1. The van der Waals surface area contributed by atoms with E-state index in [0.717, 1.165) is 10.1 Å². The van der Waals surface area contributed by atoms with Gasteiger partial charge in [0.2, 0.25) is 0 Å². The molecule has 3 aromatic rings. The summed E-state index contributed by atoms with van der Waals surface area (Å²) in [6.45, 7) is 6.44. The summed E-state index contributed by atoms with van der Waals surface area (Å²) in [6, 6.07) is 16.1. The number of rotatable bonds is 7. The normalized spacial score (nSPS) is 12.6. The standard InChI is InChI=1S/C21H25ClN2O3S2/c1-21(2,3)27-23(4)14-15-24(29(25,26)16-10-6-5-7-11-16)20-19(22)17-12-8-9-13-18(17)28-20/h5-13H,14-15H2,1-4H3. The Balaban J connectivity index is 2.01. The molecule has 0 atom stereocenters. The number of hydrogen-bond acceptors (Lipinski definition) is 5. The summed E-state index contributed by atoms with van der Waals surface area (Å²) in [5.41, 5.74) is -0.368. The van der Waals surface area contributed by atoms with E-state index in [1.54, 1.807) is 42.4 Å². The molecule has 0 saturated heterocycles. The molecule has 0 bridgehead atoms. The van der Waals surface area contributed by atoms with E-state index in [2.05, 4.69) is 0 Å². The van der Waals surface area contributed by atoms with Crippen LogP contribution >= 0.6 is 22.9 Å². The molecule has 0 aliphatic rings. The zero-order valence-corrected chi connectivity index (χ0v) is 19.3. The summed E-state index contributed by atoms with van der Waals surface area (Å²) in [5.74, 6) is 0. The van der Waals surface area contributed by atoms with Gasteiger partial charge < -0.3 is 0 Å². The lowest BCUT2D eigenvalue weighted by Gasteiger charge is -2.29. The Bertz CT molecular complexity index is 1080. The van der Waals surface area contributed by atoms with Crippen molar-refractivity contribution in [3.8, 4) is 0 Å². The number of benzene rings is 2. The first-order chi connectivity index (χ1) is 13.6. The molecule has 0 saturated carbocycles. The third-order valence-electron chi connectivity index (χ3n) is 4.12. The Morgan fingerprint density at radius 2 is 1.62 bits per heavy atom. The van der Waals surface area contributed by atoms with E-state index in [1.165, 1.54) is 15.6 Å². The second kappa shape index (κ2) is 8.62. The van der Waals surface area contributed by atoms with Gasteiger partial charge in [0.25, 0.3) is 10.0 Å². The quantitative estimate of drug-likeness (QED) is 0.449. The van der Waals surface area contributed by atoms with Gasteiger partial charge in [0, 0.05) is 23.7 Å². The summed E-state index contributed by atoms with van der Waals surface area (Å²) in [6.07, 6.45) is 0. The van der Waals surface area contributed by atoms with Crippen molar-refractivity contribution >= 4 is 48.0 Å². The molecule has 5 nitrogen and oxygen atoms in total. The van der Waals surface area contributed by atoms with Crippen molar-refractivity contribution < 1.29 is 13.3 Å². The number of thiophene rings is 1. The molecular formula is C21H25ClN2O3S2. The van der Waals surface area contributed by atoms with Crippen molar-refractivity contribution in [2.45, 2.75) is 31.3 Å². The third kappa shape index (κ3) is 5.10. The van der Waals surface area contributed by atoms with Crippen LogP contribution in [0.1, 0.15) is 20.8 Å². The molecule has 0 N–H and O–H groups in total. The third-order valence-corrected chi connectivity index (χ3v) is 7.74. The van der Waals surface area contributed by atoms with Crippen molar-refractivity contribution in [1.82, 2.24) is 5.06 Å². The molecule has 0 spiro atoms. The Kier molecular flexibility index (Phi) is 6.55. The van der Waals surface area contributed by atoms with Gasteiger partial charge in [-0.25, -0.2) is 8.42 Å². The molecule has 8 heteroatoms. The summed E-state index contributed by atoms with van der Waals surface area (Å²) in [4.78, 5) is 6.04. The molecule has 0 amide bonds. The van der Waals surface area contributed by atoms with Crippen LogP contribution in [0.3, 0.4) is 0 Å². The van der Waals surface area contributed by atoms with Gasteiger partial charge in [0.05, 0.1) is 22.1 Å². The Hall–Kier alpha value is -1.64. The highest BCUT2D eigenvalue weighted by Gasteiger charge is 2.29. The molecule has 3 rings (SSSR count). The highest BCUT2D eigenvalue weighted by Crippen LogP contribution is 2.43. The number of hydrogen-bond donors (Lipinski definition) is 0. The molecule has 1 heterocycles. The number of anilines is 1. The van der Waals surface area contributed by atoms with Gasteiger partial charge in [-0.05, 0) is 39.0 Å². The minimum atomic E-state index is -3.79. The first-order valence-corrected chi connectivity index (χ1v) is 11.9. The van der Waals surface area contributed by atoms with Gasteiger partial charge in [0.15, 0.2) is 0 Å². The van der Waals surface area contributed by atoms with Gasteiger partial charge in [-0.3, -0.25) is 9.14 Å². The second-order valence-electron chi connectivity index (χ2n) is 7.66. The first-order valence-electron chi connectivity index (χ1n) is 9.25. The Labute approximate surface area is 181 Å². The zero-order chi connectivity index (χ0) is 21.2. The molecule has 156 valence electrons. The maximum atomic E-state index is 13.5. The van der Waals surface area contributed by atoms with Crippen LogP contribution in [0.4, 0.5) is 5.00 Å². The smallest absolute Gasteiger partial charge is 0.265 e. The van der Waals surface area contributed by atoms with Crippen LogP contribution in [-0.2, 0) is 14.9 Å².